The number of fused-ring (bicyclic) bond motifs is 3. The van der Waals surface area contributed by atoms with E-state index < -0.39 is 0 Å². The number of allylic oxidation sites excluding steroid dienone is 4. The van der Waals surface area contributed by atoms with Gasteiger partial charge in [0.2, 0.25) is 0 Å². The summed E-state index contributed by atoms with van der Waals surface area (Å²) < 4.78 is 0. The number of hydrogen-bond acceptors (Lipinski definition) is 0. The van der Waals surface area contributed by atoms with E-state index in [0.29, 0.717) is 16.2 Å². The van der Waals surface area contributed by atoms with Crippen LogP contribution in [0.3, 0.4) is 0 Å². The Morgan fingerprint density at radius 1 is 0.704 bits per heavy atom. The fraction of sp³-hybridized carbons (Fsp3) is 0.630. The molecule has 4 aliphatic carbocycles. The molecule has 0 fully saturated rings. The van der Waals surface area contributed by atoms with Crippen molar-refractivity contribution < 1.29 is 0 Å². The molecule has 0 bridgehead atoms. The van der Waals surface area contributed by atoms with E-state index >= 15 is 0 Å². The smallest absolute Gasteiger partial charge is 0.00765 e. The van der Waals surface area contributed by atoms with Crippen LogP contribution in [0.15, 0.2) is 28.9 Å². The van der Waals surface area contributed by atoms with Crippen molar-refractivity contribution >= 4 is 5.57 Å². The number of rotatable bonds is 0. The summed E-state index contributed by atoms with van der Waals surface area (Å²) >= 11 is 0. The maximum atomic E-state index is 2.61. The van der Waals surface area contributed by atoms with Gasteiger partial charge in [-0.15, -0.1) is 0 Å². The summed E-state index contributed by atoms with van der Waals surface area (Å²) in [5.41, 5.74) is 14.7. The van der Waals surface area contributed by atoms with E-state index in [4.69, 9.17) is 0 Å². The van der Waals surface area contributed by atoms with Crippen LogP contribution in [0, 0.1) is 10.8 Å². The maximum Gasteiger partial charge on any atom is 0.00765 e. The van der Waals surface area contributed by atoms with E-state index in [9.17, 15) is 0 Å². The van der Waals surface area contributed by atoms with Crippen LogP contribution in [-0.4, -0.2) is 0 Å². The molecule has 0 spiro atoms. The molecule has 5 rings (SSSR count). The average molecular weight is 361 g/mol. The number of benzene rings is 1. The predicted molar refractivity (Wildman–Crippen MR) is 116 cm³/mol. The summed E-state index contributed by atoms with van der Waals surface area (Å²) in [6.45, 7) is 19.7. The van der Waals surface area contributed by atoms with Gasteiger partial charge in [0.15, 0.2) is 0 Å². The summed E-state index contributed by atoms with van der Waals surface area (Å²) in [6, 6.07) is 5.21. The van der Waals surface area contributed by atoms with E-state index in [1.54, 1.807) is 44.5 Å². The third kappa shape index (κ3) is 2.28. The second kappa shape index (κ2) is 4.81. The maximum absolute atomic E-state index is 2.61. The first-order valence-corrected chi connectivity index (χ1v) is 10.9. The minimum Gasteiger partial charge on any atom is -0.0652 e. The lowest BCUT2D eigenvalue weighted by atomic mass is 9.69. The van der Waals surface area contributed by atoms with E-state index in [-0.39, 0.29) is 5.41 Å². The summed E-state index contributed by atoms with van der Waals surface area (Å²) in [6.07, 6.45) is 6.24. The highest BCUT2D eigenvalue weighted by molar-refractivity contribution is 5.83. The molecule has 144 valence electrons. The third-order valence-corrected chi connectivity index (χ3v) is 8.32. The van der Waals surface area contributed by atoms with Gasteiger partial charge in [0.05, 0.1) is 0 Å². The van der Waals surface area contributed by atoms with Crippen molar-refractivity contribution in [2.24, 2.45) is 10.8 Å². The van der Waals surface area contributed by atoms with Crippen molar-refractivity contribution in [2.75, 3.05) is 0 Å². The van der Waals surface area contributed by atoms with Gasteiger partial charge in [-0.3, -0.25) is 0 Å². The first-order valence-electron chi connectivity index (χ1n) is 10.9. The summed E-state index contributed by atoms with van der Waals surface area (Å²) in [7, 11) is 0. The van der Waals surface area contributed by atoms with Crippen LogP contribution < -0.4 is 0 Å². The van der Waals surface area contributed by atoms with E-state index in [2.05, 4.69) is 67.5 Å². The highest BCUT2D eigenvalue weighted by atomic mass is 14.5. The molecule has 0 aliphatic heterocycles. The Bertz CT molecular complexity index is 940. The molecule has 0 N–H and O–H groups in total. The zero-order valence-electron chi connectivity index (χ0n) is 18.7. The molecule has 0 aromatic heterocycles. The van der Waals surface area contributed by atoms with Crippen LogP contribution in [0.25, 0.3) is 5.57 Å². The molecular formula is C27H36. The van der Waals surface area contributed by atoms with Gasteiger partial charge in [-0.05, 0) is 76.2 Å². The lowest BCUT2D eigenvalue weighted by Gasteiger charge is -2.35. The first-order chi connectivity index (χ1) is 12.3. The van der Waals surface area contributed by atoms with Gasteiger partial charge in [-0.25, -0.2) is 0 Å². The van der Waals surface area contributed by atoms with E-state index in [1.165, 1.54) is 32.1 Å². The summed E-state index contributed by atoms with van der Waals surface area (Å²) in [5.74, 6) is 0. The van der Waals surface area contributed by atoms with Crippen LogP contribution in [0.2, 0.25) is 0 Å². The second-order valence-corrected chi connectivity index (χ2v) is 12.5. The average Bonchev–Trinajstić information content (AvgIpc) is 3.08. The van der Waals surface area contributed by atoms with Gasteiger partial charge in [0, 0.05) is 5.41 Å². The molecule has 0 nitrogen and oxygen atoms in total. The molecular weight excluding hydrogens is 324 g/mol. The minimum atomic E-state index is 0.241. The number of hydrogen-bond donors (Lipinski definition) is 0. The van der Waals surface area contributed by atoms with Crippen LogP contribution in [0.5, 0.6) is 0 Å². The van der Waals surface area contributed by atoms with Gasteiger partial charge < -0.3 is 0 Å². The quantitative estimate of drug-likeness (QED) is 0.420. The largest absolute Gasteiger partial charge is 0.0652 e. The zero-order chi connectivity index (χ0) is 19.6. The van der Waals surface area contributed by atoms with E-state index in [1.807, 2.05) is 0 Å². The van der Waals surface area contributed by atoms with E-state index in [0.717, 1.165) is 0 Å². The van der Waals surface area contributed by atoms with Crippen LogP contribution in [-0.2, 0) is 17.3 Å². The highest BCUT2D eigenvalue weighted by Crippen LogP contribution is 2.61. The van der Waals surface area contributed by atoms with Crippen molar-refractivity contribution in [3.63, 3.8) is 0 Å². The molecule has 0 atom stereocenters. The second-order valence-electron chi connectivity index (χ2n) is 12.5. The molecule has 1 aromatic carbocycles. The van der Waals surface area contributed by atoms with Crippen LogP contribution in [0.1, 0.15) is 103 Å². The van der Waals surface area contributed by atoms with Crippen molar-refractivity contribution in [3.8, 4) is 0 Å². The SMILES string of the molecule is CC1(C)CC2=C(C1)C(C)(C)C1=C(C2)c2cc3c(cc2C1)C(C)(C)CC3(C)C. The predicted octanol–water partition coefficient (Wildman–Crippen LogP) is 7.50. The standard InChI is InChI=1S/C27H36/c1-24(2)13-17-9-19-18-12-22-21(25(3,4)15-26(22,5)6)11-16(18)10-20(19)27(7,8)23(17)14-24/h11-12H,9-10,13-15H2,1-8H3. The lowest BCUT2D eigenvalue weighted by molar-refractivity contribution is 0.369. The Balaban J connectivity index is 1.64. The van der Waals surface area contributed by atoms with Crippen LogP contribution >= 0.6 is 0 Å². The van der Waals surface area contributed by atoms with Gasteiger partial charge >= 0.3 is 0 Å². The summed E-state index contributed by atoms with van der Waals surface area (Å²) in [4.78, 5) is 0. The van der Waals surface area contributed by atoms with Gasteiger partial charge in [-0.2, -0.15) is 0 Å². The Morgan fingerprint density at radius 3 is 2.00 bits per heavy atom. The Hall–Kier alpha value is -1.30. The Morgan fingerprint density at radius 2 is 1.33 bits per heavy atom. The fourth-order valence-electron chi connectivity index (χ4n) is 7.32. The molecule has 0 saturated carbocycles. The van der Waals surface area contributed by atoms with Gasteiger partial charge in [0.1, 0.15) is 0 Å². The minimum absolute atomic E-state index is 0.241. The monoisotopic (exact) mass is 360 g/mol. The normalized spacial score (nSPS) is 28.1. The lowest BCUT2D eigenvalue weighted by Crippen LogP contribution is -2.23. The fourth-order valence-corrected chi connectivity index (χ4v) is 7.32. The van der Waals surface area contributed by atoms with Crippen molar-refractivity contribution in [2.45, 2.75) is 98.3 Å². The molecule has 0 heterocycles. The molecule has 0 radical (unpaired) electrons. The molecule has 0 unspecified atom stereocenters. The molecule has 1 aromatic rings. The van der Waals surface area contributed by atoms with Crippen molar-refractivity contribution in [3.05, 3.63) is 51.1 Å². The van der Waals surface area contributed by atoms with Crippen molar-refractivity contribution in [1.82, 2.24) is 0 Å². The van der Waals surface area contributed by atoms with Crippen molar-refractivity contribution in [1.29, 1.82) is 0 Å². The molecule has 4 aliphatic rings. The molecule has 27 heavy (non-hydrogen) atoms. The molecule has 0 heteroatoms. The Labute approximate surface area is 166 Å². The molecule has 0 amide bonds. The Kier molecular flexibility index (Phi) is 3.17. The highest BCUT2D eigenvalue weighted by Gasteiger charge is 2.47. The zero-order valence-corrected chi connectivity index (χ0v) is 18.7. The van der Waals surface area contributed by atoms with Gasteiger partial charge in [0.25, 0.3) is 0 Å². The first kappa shape index (κ1) is 17.8. The molecule has 0 saturated heterocycles. The van der Waals surface area contributed by atoms with Crippen LogP contribution in [0.4, 0.5) is 0 Å². The summed E-state index contributed by atoms with van der Waals surface area (Å²) in [5, 5.41) is 0. The third-order valence-electron chi connectivity index (χ3n) is 8.32. The topological polar surface area (TPSA) is 0 Å². The van der Waals surface area contributed by atoms with Gasteiger partial charge in [-0.1, -0.05) is 84.2 Å².